The lowest BCUT2D eigenvalue weighted by Crippen LogP contribution is -2.06. The van der Waals surface area contributed by atoms with Gasteiger partial charge in [0.15, 0.2) is 0 Å². The molecule has 0 aliphatic heterocycles. The molecule has 2 rings (SSSR count). The predicted octanol–water partition coefficient (Wildman–Crippen LogP) is 4.23. The molecule has 0 spiro atoms. The van der Waals surface area contributed by atoms with Crippen molar-refractivity contribution in [2.45, 2.75) is 46.1 Å². The smallest absolute Gasteiger partial charge is 0.134 e. The van der Waals surface area contributed by atoms with Crippen LogP contribution in [0.1, 0.15) is 50.0 Å². The minimum absolute atomic E-state index is 0.562. The quantitative estimate of drug-likeness (QED) is 0.852. The molecule has 98 valence electrons. The Morgan fingerprint density at radius 1 is 1.28 bits per heavy atom. The van der Waals surface area contributed by atoms with Gasteiger partial charge in [-0.2, -0.15) is 0 Å². The van der Waals surface area contributed by atoms with Crippen molar-refractivity contribution in [1.29, 1.82) is 0 Å². The molecule has 0 atom stereocenters. The lowest BCUT2D eigenvalue weighted by Gasteiger charge is -2.05. The van der Waals surface area contributed by atoms with Gasteiger partial charge < -0.3 is 9.73 Å². The van der Waals surface area contributed by atoms with Gasteiger partial charge in [0.05, 0.1) is 6.54 Å². The molecular formula is C16H23NO. The molecule has 2 heteroatoms. The highest BCUT2D eigenvalue weighted by Gasteiger charge is 2.13. The van der Waals surface area contributed by atoms with E-state index in [0.29, 0.717) is 5.92 Å². The SMILES string of the molecule is CCCc1c(CNC)oc2ccc(C(C)C)cc12. The van der Waals surface area contributed by atoms with E-state index in [9.17, 15) is 0 Å². The van der Waals surface area contributed by atoms with Crippen LogP contribution in [0, 0.1) is 0 Å². The Morgan fingerprint density at radius 3 is 2.67 bits per heavy atom. The number of fused-ring (bicyclic) bond motifs is 1. The zero-order chi connectivity index (χ0) is 13.1. The second-order valence-corrected chi connectivity index (χ2v) is 5.19. The number of aryl methyl sites for hydroxylation is 1. The highest BCUT2D eigenvalue weighted by atomic mass is 16.3. The van der Waals surface area contributed by atoms with E-state index in [1.54, 1.807) is 0 Å². The van der Waals surface area contributed by atoms with Crippen molar-refractivity contribution in [3.8, 4) is 0 Å². The molecule has 18 heavy (non-hydrogen) atoms. The summed E-state index contributed by atoms with van der Waals surface area (Å²) in [5.74, 6) is 1.65. The highest BCUT2D eigenvalue weighted by molar-refractivity contribution is 5.83. The van der Waals surface area contributed by atoms with Crippen molar-refractivity contribution < 1.29 is 4.42 Å². The van der Waals surface area contributed by atoms with Crippen LogP contribution in [0.3, 0.4) is 0 Å². The first-order valence-corrected chi connectivity index (χ1v) is 6.86. The third-order valence-corrected chi connectivity index (χ3v) is 3.40. The zero-order valence-corrected chi connectivity index (χ0v) is 11.8. The molecule has 1 heterocycles. The first kappa shape index (κ1) is 13.2. The number of benzene rings is 1. The number of furan rings is 1. The average molecular weight is 245 g/mol. The van der Waals surface area contributed by atoms with E-state index in [-0.39, 0.29) is 0 Å². The Kier molecular flexibility index (Phi) is 4.07. The summed E-state index contributed by atoms with van der Waals surface area (Å²) in [5, 5.41) is 4.49. The minimum atomic E-state index is 0.562. The zero-order valence-electron chi connectivity index (χ0n) is 11.8. The van der Waals surface area contributed by atoms with Crippen LogP contribution < -0.4 is 5.32 Å². The molecule has 0 saturated carbocycles. The minimum Gasteiger partial charge on any atom is -0.459 e. The molecular weight excluding hydrogens is 222 g/mol. The first-order chi connectivity index (χ1) is 8.67. The lowest BCUT2D eigenvalue weighted by molar-refractivity contribution is 0.523. The van der Waals surface area contributed by atoms with Crippen LogP contribution >= 0.6 is 0 Å². The van der Waals surface area contributed by atoms with Crippen LogP contribution in [-0.2, 0) is 13.0 Å². The van der Waals surface area contributed by atoms with Gasteiger partial charge in [-0.05, 0) is 37.1 Å². The molecule has 0 aliphatic rings. The summed E-state index contributed by atoms with van der Waals surface area (Å²) in [6.07, 6.45) is 2.24. The molecule has 1 aromatic carbocycles. The number of nitrogens with one attached hydrogen (secondary N) is 1. The summed E-state index contributed by atoms with van der Waals surface area (Å²) in [4.78, 5) is 0. The van der Waals surface area contributed by atoms with Crippen molar-refractivity contribution in [2.24, 2.45) is 0 Å². The Balaban J connectivity index is 2.55. The maximum atomic E-state index is 5.96. The first-order valence-electron chi connectivity index (χ1n) is 6.86. The van der Waals surface area contributed by atoms with Crippen LogP contribution in [-0.4, -0.2) is 7.05 Å². The lowest BCUT2D eigenvalue weighted by atomic mass is 9.98. The predicted molar refractivity (Wildman–Crippen MR) is 77.1 cm³/mol. The molecule has 0 fully saturated rings. The van der Waals surface area contributed by atoms with E-state index in [1.165, 1.54) is 16.5 Å². The fourth-order valence-corrected chi connectivity index (χ4v) is 2.40. The second-order valence-electron chi connectivity index (χ2n) is 5.19. The molecule has 0 unspecified atom stereocenters. The van der Waals surface area contributed by atoms with Crippen LogP contribution in [0.15, 0.2) is 22.6 Å². The Hall–Kier alpha value is -1.28. The van der Waals surface area contributed by atoms with Crippen molar-refractivity contribution in [1.82, 2.24) is 5.32 Å². The van der Waals surface area contributed by atoms with E-state index >= 15 is 0 Å². The normalized spacial score (nSPS) is 11.6. The summed E-state index contributed by atoms with van der Waals surface area (Å²) in [7, 11) is 1.96. The van der Waals surface area contributed by atoms with Gasteiger partial charge in [0.1, 0.15) is 11.3 Å². The molecule has 0 aliphatic carbocycles. The van der Waals surface area contributed by atoms with Gasteiger partial charge in [0.25, 0.3) is 0 Å². The molecule has 1 aromatic heterocycles. The average Bonchev–Trinajstić information content (AvgIpc) is 2.68. The Morgan fingerprint density at radius 2 is 2.06 bits per heavy atom. The van der Waals surface area contributed by atoms with E-state index in [0.717, 1.165) is 30.7 Å². The van der Waals surface area contributed by atoms with E-state index in [2.05, 4.69) is 44.3 Å². The summed E-state index contributed by atoms with van der Waals surface area (Å²) in [5.41, 5.74) is 3.79. The maximum Gasteiger partial charge on any atom is 0.134 e. The molecule has 0 saturated heterocycles. The summed E-state index contributed by atoms with van der Waals surface area (Å²) in [6.45, 7) is 7.49. The van der Waals surface area contributed by atoms with E-state index < -0.39 is 0 Å². The molecule has 1 N–H and O–H groups in total. The molecule has 2 aromatic rings. The van der Waals surface area contributed by atoms with Crippen molar-refractivity contribution in [3.05, 3.63) is 35.1 Å². The maximum absolute atomic E-state index is 5.96. The fraction of sp³-hybridized carbons (Fsp3) is 0.500. The number of hydrogen-bond acceptors (Lipinski definition) is 2. The van der Waals surface area contributed by atoms with Gasteiger partial charge in [-0.1, -0.05) is 33.3 Å². The standard InChI is InChI=1S/C16H23NO/c1-5-6-13-14-9-12(11(2)3)7-8-15(14)18-16(13)10-17-4/h7-9,11,17H,5-6,10H2,1-4H3. The highest BCUT2D eigenvalue weighted by Crippen LogP contribution is 2.30. The molecule has 0 amide bonds. The monoisotopic (exact) mass is 245 g/mol. The number of rotatable bonds is 5. The van der Waals surface area contributed by atoms with Gasteiger partial charge in [0.2, 0.25) is 0 Å². The third-order valence-electron chi connectivity index (χ3n) is 3.40. The van der Waals surface area contributed by atoms with Gasteiger partial charge in [-0.25, -0.2) is 0 Å². The van der Waals surface area contributed by atoms with Crippen molar-refractivity contribution in [3.63, 3.8) is 0 Å². The fourth-order valence-electron chi connectivity index (χ4n) is 2.40. The van der Waals surface area contributed by atoms with Crippen LogP contribution in [0.25, 0.3) is 11.0 Å². The van der Waals surface area contributed by atoms with Gasteiger partial charge in [-0.15, -0.1) is 0 Å². The molecule has 2 nitrogen and oxygen atoms in total. The number of hydrogen-bond donors (Lipinski definition) is 1. The van der Waals surface area contributed by atoms with Gasteiger partial charge >= 0.3 is 0 Å². The van der Waals surface area contributed by atoms with Crippen molar-refractivity contribution in [2.75, 3.05) is 7.05 Å². The van der Waals surface area contributed by atoms with Crippen LogP contribution in [0.4, 0.5) is 0 Å². The van der Waals surface area contributed by atoms with Gasteiger partial charge in [-0.3, -0.25) is 0 Å². The topological polar surface area (TPSA) is 25.2 Å². The third kappa shape index (κ3) is 2.44. The van der Waals surface area contributed by atoms with Crippen LogP contribution in [0.5, 0.6) is 0 Å². The van der Waals surface area contributed by atoms with Gasteiger partial charge in [0, 0.05) is 10.9 Å². The summed E-state index contributed by atoms with van der Waals surface area (Å²) in [6, 6.07) is 6.59. The molecule has 0 radical (unpaired) electrons. The Labute approximate surface area is 109 Å². The van der Waals surface area contributed by atoms with E-state index in [1.807, 2.05) is 7.05 Å². The Bertz CT molecular complexity index is 525. The van der Waals surface area contributed by atoms with E-state index in [4.69, 9.17) is 4.42 Å². The second kappa shape index (κ2) is 5.57. The van der Waals surface area contributed by atoms with Crippen molar-refractivity contribution >= 4 is 11.0 Å². The summed E-state index contributed by atoms with van der Waals surface area (Å²) >= 11 is 0. The molecule has 0 bridgehead atoms. The largest absolute Gasteiger partial charge is 0.459 e. The summed E-state index contributed by atoms with van der Waals surface area (Å²) < 4.78 is 5.96. The van der Waals surface area contributed by atoms with Crippen LogP contribution in [0.2, 0.25) is 0 Å².